The molecule has 5 nitrogen and oxygen atoms in total. The molecule has 1 heterocycles. The van der Waals surface area contributed by atoms with Gasteiger partial charge in [0.25, 0.3) is 0 Å². The van der Waals surface area contributed by atoms with Crippen LogP contribution in [-0.4, -0.2) is 20.8 Å². The molecule has 13 heavy (non-hydrogen) atoms. The molecule has 72 valence electrons. The zero-order valence-electron chi connectivity index (χ0n) is 8.29. The molecule has 5 heteroatoms. The number of aryl methyl sites for hydroxylation is 1. The van der Waals surface area contributed by atoms with E-state index in [9.17, 15) is 5.11 Å². The lowest BCUT2D eigenvalue weighted by Crippen LogP contribution is -2.07. The largest absolute Gasteiger partial charge is 0.492 e. The van der Waals surface area contributed by atoms with Crippen LogP contribution in [0.3, 0.4) is 0 Å². The third-order valence-corrected chi connectivity index (χ3v) is 1.35. The maximum Gasteiger partial charge on any atom is 0.235 e. The maximum atomic E-state index is 9.26. The summed E-state index contributed by atoms with van der Waals surface area (Å²) in [7, 11) is 0. The van der Waals surface area contributed by atoms with Gasteiger partial charge in [-0.2, -0.15) is 10.2 Å². The van der Waals surface area contributed by atoms with E-state index in [0.717, 1.165) is 0 Å². The Labute approximate surface area is 76.9 Å². The quantitative estimate of drug-likeness (QED) is 0.654. The van der Waals surface area contributed by atoms with Gasteiger partial charge in [-0.1, -0.05) is 0 Å². The van der Waals surface area contributed by atoms with Crippen molar-refractivity contribution in [2.45, 2.75) is 33.2 Å². The van der Waals surface area contributed by atoms with Crippen molar-refractivity contribution in [1.82, 2.24) is 10.2 Å². The Morgan fingerprint density at radius 1 is 1.38 bits per heavy atom. The fraction of sp³-hybridized carbons (Fsp3) is 0.625. The first-order valence-electron chi connectivity index (χ1n) is 4.07. The molecule has 0 fully saturated rings. The summed E-state index contributed by atoms with van der Waals surface area (Å²) in [5.74, 6) is -0.0366. The van der Waals surface area contributed by atoms with Gasteiger partial charge in [0.05, 0.1) is 11.2 Å². The van der Waals surface area contributed by atoms with E-state index in [1.54, 1.807) is 6.92 Å². The molecule has 0 amide bonds. The predicted octanol–water partition coefficient (Wildman–Crippen LogP) is 2.31. The second kappa shape index (κ2) is 3.16. The Balaban J connectivity index is 2.92. The fourth-order valence-corrected chi connectivity index (χ4v) is 0.734. The zero-order valence-corrected chi connectivity index (χ0v) is 8.29. The number of H-pyrrole nitrogens is 1. The molecular formula is C8H14N4O. The number of aromatic hydroxyl groups is 1. The number of nitrogens with one attached hydrogen (secondary N) is 1. The number of hydrogen-bond acceptors (Lipinski definition) is 4. The van der Waals surface area contributed by atoms with Crippen molar-refractivity contribution >= 4 is 5.69 Å². The topological polar surface area (TPSA) is 73.6 Å². The second-order valence-corrected chi connectivity index (χ2v) is 3.88. The molecule has 0 atom stereocenters. The SMILES string of the molecule is Cc1n[nH]c(O)c1/N=N/C(C)(C)C. The van der Waals surface area contributed by atoms with Crippen molar-refractivity contribution in [3.8, 4) is 5.88 Å². The summed E-state index contributed by atoms with van der Waals surface area (Å²) in [6, 6.07) is 0. The summed E-state index contributed by atoms with van der Waals surface area (Å²) >= 11 is 0. The van der Waals surface area contributed by atoms with E-state index in [0.29, 0.717) is 11.4 Å². The Morgan fingerprint density at radius 2 is 2.00 bits per heavy atom. The van der Waals surface area contributed by atoms with Gasteiger partial charge in [-0.15, -0.1) is 5.11 Å². The van der Waals surface area contributed by atoms with Gasteiger partial charge < -0.3 is 5.11 Å². The van der Waals surface area contributed by atoms with Crippen LogP contribution in [0.1, 0.15) is 26.5 Å². The highest BCUT2D eigenvalue weighted by Crippen LogP contribution is 2.28. The van der Waals surface area contributed by atoms with E-state index < -0.39 is 0 Å². The third kappa shape index (κ3) is 2.54. The normalized spacial score (nSPS) is 12.6. The monoisotopic (exact) mass is 182 g/mol. The Kier molecular flexibility index (Phi) is 2.36. The van der Waals surface area contributed by atoms with E-state index in [1.165, 1.54) is 0 Å². The second-order valence-electron chi connectivity index (χ2n) is 3.88. The van der Waals surface area contributed by atoms with Crippen LogP contribution >= 0.6 is 0 Å². The summed E-state index contributed by atoms with van der Waals surface area (Å²) < 4.78 is 0. The molecule has 0 bridgehead atoms. The summed E-state index contributed by atoms with van der Waals surface area (Å²) in [5.41, 5.74) is 0.816. The van der Waals surface area contributed by atoms with Crippen molar-refractivity contribution in [1.29, 1.82) is 0 Å². The molecule has 0 saturated heterocycles. The molecule has 2 N–H and O–H groups in total. The third-order valence-electron chi connectivity index (χ3n) is 1.35. The first kappa shape index (κ1) is 9.70. The van der Waals surface area contributed by atoms with Crippen LogP contribution < -0.4 is 0 Å². The summed E-state index contributed by atoms with van der Waals surface area (Å²) in [6.45, 7) is 7.56. The lowest BCUT2D eigenvalue weighted by Gasteiger charge is -2.08. The minimum atomic E-state index is -0.240. The standard InChI is InChI=1S/C8H14N4O/c1-5-6(7(13)11-9-5)10-12-8(2,3)4/h1-4H3,(H2,9,11,13)/b12-10+. The van der Waals surface area contributed by atoms with Crippen molar-refractivity contribution in [3.05, 3.63) is 5.69 Å². The van der Waals surface area contributed by atoms with Crippen LogP contribution in [-0.2, 0) is 0 Å². The van der Waals surface area contributed by atoms with Gasteiger partial charge in [-0.05, 0) is 27.7 Å². The van der Waals surface area contributed by atoms with Crippen molar-refractivity contribution in [2.24, 2.45) is 10.2 Å². The van der Waals surface area contributed by atoms with Crippen LogP contribution in [0.25, 0.3) is 0 Å². The van der Waals surface area contributed by atoms with Gasteiger partial charge >= 0.3 is 0 Å². The molecule has 1 aromatic heterocycles. The number of azo groups is 1. The molecule has 0 aliphatic heterocycles. The predicted molar refractivity (Wildman–Crippen MR) is 49.3 cm³/mol. The summed E-state index contributed by atoms with van der Waals surface area (Å²) in [5, 5.41) is 23.4. The highest BCUT2D eigenvalue weighted by Gasteiger charge is 2.11. The highest BCUT2D eigenvalue weighted by molar-refractivity contribution is 5.49. The molecule has 0 spiro atoms. The van der Waals surface area contributed by atoms with Crippen molar-refractivity contribution in [2.75, 3.05) is 0 Å². The molecule has 1 rings (SSSR count). The summed E-state index contributed by atoms with van der Waals surface area (Å²) in [6.07, 6.45) is 0. The molecule has 0 saturated carbocycles. The molecule has 0 unspecified atom stereocenters. The van der Waals surface area contributed by atoms with Gasteiger partial charge in [0, 0.05) is 0 Å². The number of aromatic nitrogens is 2. The number of rotatable bonds is 1. The van der Waals surface area contributed by atoms with Gasteiger partial charge in [-0.25, -0.2) is 5.10 Å². The molecule has 0 aliphatic carbocycles. The molecule has 0 radical (unpaired) electrons. The first-order valence-corrected chi connectivity index (χ1v) is 4.07. The number of aromatic amines is 1. The maximum absolute atomic E-state index is 9.26. The number of nitrogens with zero attached hydrogens (tertiary/aromatic N) is 3. The van der Waals surface area contributed by atoms with Gasteiger partial charge in [0.15, 0.2) is 5.69 Å². The van der Waals surface area contributed by atoms with E-state index in [4.69, 9.17) is 0 Å². The lowest BCUT2D eigenvalue weighted by molar-refractivity contribution is 0.451. The van der Waals surface area contributed by atoms with Crippen LogP contribution in [0.2, 0.25) is 0 Å². The minimum Gasteiger partial charge on any atom is -0.492 e. The smallest absolute Gasteiger partial charge is 0.235 e. The van der Waals surface area contributed by atoms with E-state index >= 15 is 0 Å². The number of hydrogen-bond donors (Lipinski definition) is 2. The lowest BCUT2D eigenvalue weighted by atomic mass is 10.1. The Morgan fingerprint density at radius 3 is 2.38 bits per heavy atom. The van der Waals surface area contributed by atoms with E-state index in [2.05, 4.69) is 20.4 Å². The van der Waals surface area contributed by atoms with Gasteiger partial charge in [0.2, 0.25) is 5.88 Å². The molecule has 0 aromatic carbocycles. The van der Waals surface area contributed by atoms with E-state index in [1.807, 2.05) is 20.8 Å². The van der Waals surface area contributed by atoms with Crippen LogP contribution in [0.15, 0.2) is 10.2 Å². The average Bonchev–Trinajstić information content (AvgIpc) is 2.27. The molecular weight excluding hydrogens is 168 g/mol. The zero-order chi connectivity index (χ0) is 10.1. The van der Waals surface area contributed by atoms with E-state index in [-0.39, 0.29) is 11.4 Å². The Bertz CT molecular complexity index is 302. The molecule has 0 aliphatic rings. The van der Waals surface area contributed by atoms with Crippen molar-refractivity contribution < 1.29 is 5.11 Å². The minimum absolute atomic E-state index is 0.0366. The average molecular weight is 182 g/mol. The van der Waals surface area contributed by atoms with Gasteiger partial charge in [-0.3, -0.25) is 0 Å². The van der Waals surface area contributed by atoms with Crippen LogP contribution in [0.5, 0.6) is 5.88 Å². The Hall–Kier alpha value is -1.39. The van der Waals surface area contributed by atoms with Gasteiger partial charge in [0.1, 0.15) is 0 Å². The van der Waals surface area contributed by atoms with Crippen LogP contribution in [0, 0.1) is 6.92 Å². The van der Waals surface area contributed by atoms with Crippen molar-refractivity contribution in [3.63, 3.8) is 0 Å². The fourth-order valence-electron chi connectivity index (χ4n) is 0.734. The first-order chi connectivity index (χ1) is 5.90. The van der Waals surface area contributed by atoms with Crippen LogP contribution in [0.4, 0.5) is 5.69 Å². The summed E-state index contributed by atoms with van der Waals surface area (Å²) in [4.78, 5) is 0. The highest BCUT2D eigenvalue weighted by atomic mass is 16.3. The molecule has 1 aromatic rings.